The van der Waals surface area contributed by atoms with Gasteiger partial charge >= 0.3 is 0 Å². The Morgan fingerprint density at radius 2 is 2.12 bits per heavy atom. The maximum atomic E-state index is 6.30. The first-order chi connectivity index (χ1) is 7.75. The van der Waals surface area contributed by atoms with Gasteiger partial charge < -0.3 is 5.73 Å². The molecule has 2 heteroatoms. The predicted octanol–water partition coefficient (Wildman–Crippen LogP) is 2.31. The highest BCUT2D eigenvalue weighted by molar-refractivity contribution is 5.15. The molecule has 2 fully saturated rings. The standard InChI is InChI=1S/C14H20N2/c1-9-5-6-10(16-8-9)7-13(15)14-11-3-2-4-12(11)14/h5-6,8,11-14H,2-4,7,15H2,1H3. The molecule has 0 amide bonds. The Hall–Kier alpha value is -0.890. The lowest BCUT2D eigenvalue weighted by Gasteiger charge is -2.13. The molecule has 0 aliphatic heterocycles. The van der Waals surface area contributed by atoms with Crippen molar-refractivity contribution < 1.29 is 0 Å². The molecule has 2 N–H and O–H groups in total. The van der Waals surface area contributed by atoms with Gasteiger partial charge in [0, 0.05) is 24.4 Å². The molecule has 3 rings (SSSR count). The van der Waals surface area contributed by atoms with Gasteiger partial charge in [0.25, 0.3) is 0 Å². The van der Waals surface area contributed by atoms with Crippen molar-refractivity contribution in [1.29, 1.82) is 0 Å². The Bertz CT molecular complexity index is 361. The summed E-state index contributed by atoms with van der Waals surface area (Å²) in [5, 5.41) is 0. The maximum Gasteiger partial charge on any atom is 0.0419 e. The van der Waals surface area contributed by atoms with Crippen LogP contribution in [-0.2, 0) is 6.42 Å². The number of aryl methyl sites for hydroxylation is 1. The van der Waals surface area contributed by atoms with E-state index in [1.165, 1.54) is 24.8 Å². The van der Waals surface area contributed by atoms with Crippen LogP contribution in [0.15, 0.2) is 18.3 Å². The number of aromatic nitrogens is 1. The first kappa shape index (κ1) is 10.3. The largest absolute Gasteiger partial charge is 0.327 e. The number of nitrogens with two attached hydrogens (primary N) is 1. The molecule has 3 atom stereocenters. The molecule has 2 aliphatic rings. The molecule has 0 spiro atoms. The highest BCUT2D eigenvalue weighted by Crippen LogP contribution is 2.58. The topological polar surface area (TPSA) is 38.9 Å². The third-order valence-electron chi connectivity index (χ3n) is 4.38. The van der Waals surface area contributed by atoms with E-state index in [4.69, 9.17) is 5.73 Å². The first-order valence-corrected chi connectivity index (χ1v) is 6.43. The van der Waals surface area contributed by atoms with Gasteiger partial charge in [-0.2, -0.15) is 0 Å². The quantitative estimate of drug-likeness (QED) is 0.842. The summed E-state index contributed by atoms with van der Waals surface area (Å²) in [4.78, 5) is 4.44. The SMILES string of the molecule is Cc1ccc(CC(N)C2C3CCCC32)nc1. The van der Waals surface area contributed by atoms with Gasteiger partial charge in [0.2, 0.25) is 0 Å². The van der Waals surface area contributed by atoms with Crippen LogP contribution in [0, 0.1) is 24.7 Å². The molecule has 0 radical (unpaired) electrons. The molecular formula is C14H20N2. The van der Waals surface area contributed by atoms with Gasteiger partial charge in [0.05, 0.1) is 0 Å². The second-order valence-electron chi connectivity index (χ2n) is 5.53. The van der Waals surface area contributed by atoms with Crippen molar-refractivity contribution in [3.05, 3.63) is 29.6 Å². The number of hydrogen-bond acceptors (Lipinski definition) is 2. The third kappa shape index (κ3) is 1.75. The van der Waals surface area contributed by atoms with Gasteiger partial charge in [-0.15, -0.1) is 0 Å². The molecule has 1 heterocycles. The molecule has 0 bridgehead atoms. The molecule has 2 saturated carbocycles. The van der Waals surface area contributed by atoms with E-state index in [9.17, 15) is 0 Å². The minimum Gasteiger partial charge on any atom is -0.327 e. The maximum absolute atomic E-state index is 6.30. The van der Waals surface area contributed by atoms with Crippen LogP contribution in [0.4, 0.5) is 0 Å². The second-order valence-corrected chi connectivity index (χ2v) is 5.53. The number of hydrogen-bond donors (Lipinski definition) is 1. The van der Waals surface area contributed by atoms with Crippen molar-refractivity contribution in [3.8, 4) is 0 Å². The van der Waals surface area contributed by atoms with Crippen LogP contribution in [0.3, 0.4) is 0 Å². The molecule has 2 nitrogen and oxygen atoms in total. The lowest BCUT2D eigenvalue weighted by atomic mass is 10.0. The number of rotatable bonds is 3. The normalized spacial score (nSPS) is 33.5. The van der Waals surface area contributed by atoms with Crippen LogP contribution in [0.5, 0.6) is 0 Å². The lowest BCUT2D eigenvalue weighted by molar-refractivity contribution is 0.481. The molecule has 86 valence electrons. The van der Waals surface area contributed by atoms with E-state index >= 15 is 0 Å². The summed E-state index contributed by atoms with van der Waals surface area (Å²) in [6, 6.07) is 4.58. The van der Waals surface area contributed by atoms with Gasteiger partial charge in [-0.1, -0.05) is 12.5 Å². The van der Waals surface area contributed by atoms with Crippen LogP contribution >= 0.6 is 0 Å². The molecular weight excluding hydrogens is 196 g/mol. The van der Waals surface area contributed by atoms with Crippen LogP contribution in [-0.4, -0.2) is 11.0 Å². The van der Waals surface area contributed by atoms with Gasteiger partial charge in [0.1, 0.15) is 0 Å². The Morgan fingerprint density at radius 3 is 2.75 bits per heavy atom. The van der Waals surface area contributed by atoms with Gasteiger partial charge in [-0.3, -0.25) is 4.98 Å². The third-order valence-corrected chi connectivity index (χ3v) is 4.38. The summed E-state index contributed by atoms with van der Waals surface area (Å²) in [7, 11) is 0. The Balaban J connectivity index is 1.60. The van der Waals surface area contributed by atoms with E-state index in [-0.39, 0.29) is 0 Å². The highest BCUT2D eigenvalue weighted by atomic mass is 14.8. The average molecular weight is 216 g/mol. The average Bonchev–Trinajstić information content (AvgIpc) is 2.76. The van der Waals surface area contributed by atoms with Crippen molar-refractivity contribution >= 4 is 0 Å². The molecule has 1 aromatic heterocycles. The van der Waals surface area contributed by atoms with E-state index in [0.717, 1.165) is 29.9 Å². The molecule has 2 aliphatic carbocycles. The molecule has 16 heavy (non-hydrogen) atoms. The minimum absolute atomic E-state index is 0.338. The summed E-state index contributed by atoms with van der Waals surface area (Å²) in [6.45, 7) is 2.07. The van der Waals surface area contributed by atoms with Crippen molar-refractivity contribution in [3.63, 3.8) is 0 Å². The fraction of sp³-hybridized carbons (Fsp3) is 0.643. The molecule has 0 aromatic carbocycles. The monoisotopic (exact) mass is 216 g/mol. The van der Waals surface area contributed by atoms with E-state index in [0.29, 0.717) is 6.04 Å². The van der Waals surface area contributed by atoms with E-state index in [1.807, 2.05) is 6.20 Å². The van der Waals surface area contributed by atoms with Crippen molar-refractivity contribution in [2.24, 2.45) is 23.5 Å². The zero-order valence-corrected chi connectivity index (χ0v) is 9.89. The summed E-state index contributed by atoms with van der Waals surface area (Å²) < 4.78 is 0. The summed E-state index contributed by atoms with van der Waals surface area (Å²) in [6.07, 6.45) is 7.17. The number of fused-ring (bicyclic) bond motifs is 1. The van der Waals surface area contributed by atoms with Crippen molar-refractivity contribution in [2.45, 2.75) is 38.6 Å². The fourth-order valence-corrected chi connectivity index (χ4v) is 3.51. The van der Waals surface area contributed by atoms with Gasteiger partial charge in [-0.05, 0) is 49.1 Å². The second kappa shape index (κ2) is 3.85. The zero-order valence-electron chi connectivity index (χ0n) is 9.89. The fourth-order valence-electron chi connectivity index (χ4n) is 3.51. The predicted molar refractivity (Wildman–Crippen MR) is 65.0 cm³/mol. The summed E-state index contributed by atoms with van der Waals surface area (Å²) in [5.41, 5.74) is 8.68. The number of nitrogens with zero attached hydrogens (tertiary/aromatic N) is 1. The van der Waals surface area contributed by atoms with Crippen LogP contribution < -0.4 is 5.73 Å². The smallest absolute Gasteiger partial charge is 0.0419 e. The van der Waals surface area contributed by atoms with Crippen molar-refractivity contribution in [2.75, 3.05) is 0 Å². The highest BCUT2D eigenvalue weighted by Gasteiger charge is 2.54. The van der Waals surface area contributed by atoms with Crippen molar-refractivity contribution in [1.82, 2.24) is 4.98 Å². The minimum atomic E-state index is 0.338. The summed E-state index contributed by atoms with van der Waals surface area (Å²) >= 11 is 0. The van der Waals surface area contributed by atoms with E-state index in [2.05, 4.69) is 24.0 Å². The van der Waals surface area contributed by atoms with Crippen LogP contribution in [0.2, 0.25) is 0 Å². The molecule has 0 saturated heterocycles. The molecule has 3 unspecified atom stereocenters. The van der Waals surface area contributed by atoms with Gasteiger partial charge in [0.15, 0.2) is 0 Å². The lowest BCUT2D eigenvalue weighted by Crippen LogP contribution is -2.27. The van der Waals surface area contributed by atoms with E-state index < -0.39 is 0 Å². The Morgan fingerprint density at radius 1 is 1.38 bits per heavy atom. The summed E-state index contributed by atoms with van der Waals surface area (Å²) in [5.74, 6) is 2.72. The Labute approximate surface area is 97.3 Å². The first-order valence-electron chi connectivity index (χ1n) is 6.43. The van der Waals surface area contributed by atoms with E-state index in [1.54, 1.807) is 0 Å². The van der Waals surface area contributed by atoms with Crippen LogP contribution in [0.1, 0.15) is 30.5 Å². The zero-order chi connectivity index (χ0) is 11.1. The number of pyridine rings is 1. The van der Waals surface area contributed by atoms with Gasteiger partial charge in [-0.25, -0.2) is 0 Å². The Kier molecular flexibility index (Phi) is 2.47. The molecule has 1 aromatic rings. The van der Waals surface area contributed by atoms with Crippen LogP contribution in [0.25, 0.3) is 0 Å².